The Bertz CT molecular complexity index is 959. The van der Waals surface area contributed by atoms with E-state index in [1.165, 1.54) is 0 Å². The SMILES string of the molecule is C[C@@H](Oc1ccc(Cl)cc1)C(=O)N/N=C\c1ccccc1OCc1ccccc1. The van der Waals surface area contributed by atoms with Crippen LogP contribution in [0, 0.1) is 0 Å². The lowest BCUT2D eigenvalue weighted by atomic mass is 10.2. The highest BCUT2D eigenvalue weighted by Gasteiger charge is 2.13. The number of carbonyl (C=O) groups is 1. The Hall–Kier alpha value is -3.31. The van der Waals surface area contributed by atoms with Crippen LogP contribution in [0.4, 0.5) is 0 Å². The molecule has 3 aromatic rings. The molecule has 1 atom stereocenters. The highest BCUT2D eigenvalue weighted by molar-refractivity contribution is 6.30. The first-order valence-corrected chi connectivity index (χ1v) is 9.50. The van der Waals surface area contributed by atoms with Crippen molar-refractivity contribution < 1.29 is 14.3 Å². The number of halogens is 1. The number of rotatable bonds is 8. The molecule has 148 valence electrons. The van der Waals surface area contributed by atoms with Crippen LogP contribution in [0.3, 0.4) is 0 Å². The maximum atomic E-state index is 12.2. The van der Waals surface area contributed by atoms with Crippen molar-refractivity contribution in [3.05, 3.63) is 95.0 Å². The third-order valence-corrected chi connectivity index (χ3v) is 4.28. The van der Waals surface area contributed by atoms with Crippen molar-refractivity contribution in [2.45, 2.75) is 19.6 Å². The maximum absolute atomic E-state index is 12.2. The summed E-state index contributed by atoms with van der Waals surface area (Å²) in [5, 5.41) is 4.63. The van der Waals surface area contributed by atoms with E-state index in [-0.39, 0.29) is 5.91 Å². The summed E-state index contributed by atoms with van der Waals surface area (Å²) in [6.45, 7) is 2.10. The standard InChI is InChI=1S/C23H21ClN2O3/c1-17(29-21-13-11-20(24)12-14-21)23(27)26-25-15-19-9-5-6-10-22(19)28-16-18-7-3-2-4-8-18/h2-15,17H,16H2,1H3,(H,26,27)/b25-15-/t17-/m1/s1. The molecule has 6 heteroatoms. The fourth-order valence-corrected chi connectivity index (χ4v) is 2.61. The van der Waals surface area contributed by atoms with Crippen LogP contribution in [-0.4, -0.2) is 18.2 Å². The van der Waals surface area contributed by atoms with Gasteiger partial charge in [0.15, 0.2) is 6.10 Å². The Morgan fingerprint density at radius 2 is 1.72 bits per heavy atom. The Labute approximate surface area is 174 Å². The first kappa shape index (κ1) is 20.4. The summed E-state index contributed by atoms with van der Waals surface area (Å²) in [6.07, 6.45) is 0.839. The first-order chi connectivity index (χ1) is 14.1. The maximum Gasteiger partial charge on any atom is 0.280 e. The predicted molar refractivity (Wildman–Crippen MR) is 114 cm³/mol. The minimum Gasteiger partial charge on any atom is -0.488 e. The van der Waals surface area contributed by atoms with Crippen molar-refractivity contribution in [3.63, 3.8) is 0 Å². The highest BCUT2D eigenvalue weighted by atomic mass is 35.5. The van der Waals surface area contributed by atoms with E-state index in [0.717, 1.165) is 11.1 Å². The van der Waals surface area contributed by atoms with Gasteiger partial charge < -0.3 is 9.47 Å². The largest absolute Gasteiger partial charge is 0.488 e. The number of benzene rings is 3. The molecule has 3 aromatic carbocycles. The molecule has 0 unspecified atom stereocenters. The van der Waals surface area contributed by atoms with Crippen LogP contribution in [0.5, 0.6) is 11.5 Å². The zero-order chi connectivity index (χ0) is 20.5. The fourth-order valence-electron chi connectivity index (χ4n) is 2.48. The van der Waals surface area contributed by atoms with E-state index in [9.17, 15) is 4.79 Å². The van der Waals surface area contributed by atoms with E-state index in [1.807, 2.05) is 54.6 Å². The molecule has 0 aromatic heterocycles. The molecule has 0 aliphatic heterocycles. The van der Waals surface area contributed by atoms with Gasteiger partial charge in [-0.05, 0) is 48.9 Å². The summed E-state index contributed by atoms with van der Waals surface area (Å²) in [7, 11) is 0. The molecule has 0 saturated heterocycles. The highest BCUT2D eigenvalue weighted by Crippen LogP contribution is 2.18. The topological polar surface area (TPSA) is 59.9 Å². The van der Waals surface area contributed by atoms with Crippen molar-refractivity contribution in [1.29, 1.82) is 0 Å². The van der Waals surface area contributed by atoms with E-state index in [2.05, 4.69) is 10.5 Å². The molecule has 3 rings (SSSR count). The van der Waals surface area contributed by atoms with E-state index in [1.54, 1.807) is 37.4 Å². The van der Waals surface area contributed by atoms with Gasteiger partial charge in [0.1, 0.15) is 18.1 Å². The number of hydrogen-bond donors (Lipinski definition) is 1. The molecule has 0 aliphatic carbocycles. The second kappa shape index (κ2) is 10.3. The summed E-state index contributed by atoms with van der Waals surface area (Å²) in [6, 6.07) is 24.2. The van der Waals surface area contributed by atoms with Gasteiger partial charge in [0.2, 0.25) is 0 Å². The molecule has 5 nitrogen and oxygen atoms in total. The number of hydrazone groups is 1. The van der Waals surface area contributed by atoms with Crippen LogP contribution in [0.1, 0.15) is 18.1 Å². The number of carbonyl (C=O) groups excluding carboxylic acids is 1. The summed E-state index contributed by atoms with van der Waals surface area (Å²) in [5.41, 5.74) is 4.32. The molecular formula is C23H21ClN2O3. The minimum absolute atomic E-state index is 0.362. The molecule has 0 bridgehead atoms. The molecule has 0 spiro atoms. The number of ether oxygens (including phenoxy) is 2. The summed E-state index contributed by atoms with van der Waals surface area (Å²) < 4.78 is 11.5. The lowest BCUT2D eigenvalue weighted by Gasteiger charge is -2.13. The first-order valence-electron chi connectivity index (χ1n) is 9.13. The zero-order valence-corrected chi connectivity index (χ0v) is 16.7. The van der Waals surface area contributed by atoms with Gasteiger partial charge in [-0.25, -0.2) is 5.43 Å². The van der Waals surface area contributed by atoms with Gasteiger partial charge >= 0.3 is 0 Å². The third kappa shape index (κ3) is 6.36. The van der Waals surface area contributed by atoms with Gasteiger partial charge in [-0.2, -0.15) is 5.10 Å². The van der Waals surface area contributed by atoms with Crippen LogP contribution < -0.4 is 14.9 Å². The van der Waals surface area contributed by atoms with Crippen molar-refractivity contribution in [1.82, 2.24) is 5.43 Å². The number of nitrogens with zero attached hydrogens (tertiary/aromatic N) is 1. The van der Waals surface area contributed by atoms with E-state index < -0.39 is 6.10 Å². The second-order valence-electron chi connectivity index (χ2n) is 6.26. The molecule has 1 N–H and O–H groups in total. The molecule has 0 heterocycles. The summed E-state index contributed by atoms with van der Waals surface area (Å²) in [5.74, 6) is 0.874. The Morgan fingerprint density at radius 3 is 2.48 bits per heavy atom. The van der Waals surface area contributed by atoms with Crippen LogP contribution in [0.2, 0.25) is 5.02 Å². The van der Waals surface area contributed by atoms with Crippen LogP contribution >= 0.6 is 11.6 Å². The Kier molecular flexibility index (Phi) is 7.25. The van der Waals surface area contributed by atoms with Gasteiger partial charge in [0.25, 0.3) is 5.91 Å². The number of hydrogen-bond acceptors (Lipinski definition) is 4. The average molecular weight is 409 g/mol. The van der Waals surface area contributed by atoms with E-state index in [4.69, 9.17) is 21.1 Å². The fraction of sp³-hybridized carbons (Fsp3) is 0.130. The summed E-state index contributed by atoms with van der Waals surface area (Å²) in [4.78, 5) is 12.2. The van der Waals surface area contributed by atoms with Gasteiger partial charge in [0, 0.05) is 10.6 Å². The second-order valence-corrected chi connectivity index (χ2v) is 6.70. The zero-order valence-electron chi connectivity index (χ0n) is 15.9. The Morgan fingerprint density at radius 1 is 1.03 bits per heavy atom. The van der Waals surface area contributed by atoms with E-state index >= 15 is 0 Å². The summed E-state index contributed by atoms with van der Waals surface area (Å²) >= 11 is 5.84. The molecule has 0 fully saturated rings. The number of para-hydroxylation sites is 1. The van der Waals surface area contributed by atoms with Crippen molar-refractivity contribution in [2.75, 3.05) is 0 Å². The molecule has 29 heavy (non-hydrogen) atoms. The number of nitrogens with one attached hydrogen (secondary N) is 1. The monoisotopic (exact) mass is 408 g/mol. The lowest BCUT2D eigenvalue weighted by molar-refractivity contribution is -0.127. The molecule has 0 aliphatic rings. The smallest absolute Gasteiger partial charge is 0.280 e. The van der Waals surface area contributed by atoms with Gasteiger partial charge in [-0.1, -0.05) is 54.1 Å². The Balaban J connectivity index is 1.55. The minimum atomic E-state index is -0.710. The van der Waals surface area contributed by atoms with Crippen LogP contribution in [0.15, 0.2) is 84.0 Å². The van der Waals surface area contributed by atoms with Crippen LogP contribution in [-0.2, 0) is 11.4 Å². The molecular weight excluding hydrogens is 388 g/mol. The third-order valence-electron chi connectivity index (χ3n) is 4.03. The van der Waals surface area contributed by atoms with Gasteiger partial charge in [0.05, 0.1) is 6.21 Å². The predicted octanol–water partition coefficient (Wildman–Crippen LogP) is 4.84. The quantitative estimate of drug-likeness (QED) is 0.428. The van der Waals surface area contributed by atoms with Gasteiger partial charge in [-0.3, -0.25) is 4.79 Å². The van der Waals surface area contributed by atoms with Gasteiger partial charge in [-0.15, -0.1) is 0 Å². The molecule has 1 amide bonds. The van der Waals surface area contributed by atoms with E-state index in [0.29, 0.717) is 23.1 Å². The lowest BCUT2D eigenvalue weighted by Crippen LogP contribution is -2.33. The van der Waals surface area contributed by atoms with Crippen LogP contribution in [0.25, 0.3) is 0 Å². The average Bonchev–Trinajstić information content (AvgIpc) is 2.75. The van der Waals surface area contributed by atoms with Crippen molar-refractivity contribution in [3.8, 4) is 11.5 Å². The van der Waals surface area contributed by atoms with Crippen molar-refractivity contribution in [2.24, 2.45) is 5.10 Å². The van der Waals surface area contributed by atoms with Crippen molar-refractivity contribution >= 4 is 23.7 Å². The molecule has 0 radical (unpaired) electrons. The normalized spacial score (nSPS) is 11.8. The number of amides is 1. The molecule has 0 saturated carbocycles.